The minimum Gasteiger partial charge on any atom is -0.868 e. The van der Waals surface area contributed by atoms with Gasteiger partial charge in [0.1, 0.15) is 0 Å². The van der Waals surface area contributed by atoms with Gasteiger partial charge in [-0.2, -0.15) is 4.57 Å². The van der Waals surface area contributed by atoms with Crippen molar-refractivity contribution in [3.05, 3.63) is 78.5 Å². The summed E-state index contributed by atoms with van der Waals surface area (Å²) in [7, 11) is 0. The molecule has 1 heterocycles. The molecule has 19 heavy (non-hydrogen) atoms. The van der Waals surface area contributed by atoms with Crippen LogP contribution in [0.4, 0.5) is 0 Å². The Morgan fingerprint density at radius 2 is 1.53 bits per heavy atom. The molecule has 0 radical (unpaired) electrons. The van der Waals surface area contributed by atoms with Gasteiger partial charge in [0.2, 0.25) is 5.52 Å². The standard InChI is InChI=1S/C17H13NO/c19-17(15-8-2-1-3-9-15)13-18-12-6-10-14-7-4-5-11-16(14)18/h1-13H/b17-13-. The molecule has 2 aromatic carbocycles. The zero-order valence-electron chi connectivity index (χ0n) is 10.4. The maximum atomic E-state index is 12.2. The summed E-state index contributed by atoms with van der Waals surface area (Å²) in [4.78, 5) is 0. The van der Waals surface area contributed by atoms with Crippen molar-refractivity contribution in [1.29, 1.82) is 0 Å². The van der Waals surface area contributed by atoms with Crippen molar-refractivity contribution >= 4 is 22.9 Å². The van der Waals surface area contributed by atoms with Gasteiger partial charge in [0.25, 0.3) is 0 Å². The number of hydrogen-bond acceptors (Lipinski definition) is 1. The summed E-state index contributed by atoms with van der Waals surface area (Å²) >= 11 is 0. The third-order valence-corrected chi connectivity index (χ3v) is 3.05. The summed E-state index contributed by atoms with van der Waals surface area (Å²) in [6, 6.07) is 21.3. The molecule has 0 aliphatic carbocycles. The van der Waals surface area contributed by atoms with Crippen LogP contribution >= 0.6 is 0 Å². The Kier molecular flexibility index (Phi) is 2.99. The third-order valence-electron chi connectivity index (χ3n) is 3.05. The number of nitrogens with zero attached hydrogens (tertiary/aromatic N) is 1. The number of fused-ring (bicyclic) bond motifs is 1. The van der Waals surface area contributed by atoms with Crippen LogP contribution in [0.2, 0.25) is 0 Å². The minimum absolute atomic E-state index is 0.00181. The second-order valence-electron chi connectivity index (χ2n) is 4.33. The van der Waals surface area contributed by atoms with Crippen molar-refractivity contribution in [3.8, 4) is 0 Å². The Morgan fingerprint density at radius 1 is 0.842 bits per heavy atom. The van der Waals surface area contributed by atoms with Crippen molar-refractivity contribution < 1.29 is 9.67 Å². The summed E-state index contributed by atoms with van der Waals surface area (Å²) in [5.74, 6) is 0.00181. The first-order valence-corrected chi connectivity index (χ1v) is 6.18. The first-order valence-electron chi connectivity index (χ1n) is 6.18. The van der Waals surface area contributed by atoms with Crippen LogP contribution in [-0.2, 0) is 0 Å². The molecule has 0 saturated heterocycles. The minimum atomic E-state index is 0.00181. The normalized spacial score (nSPS) is 11.7. The highest BCUT2D eigenvalue weighted by Crippen LogP contribution is 2.10. The third kappa shape index (κ3) is 2.33. The zero-order valence-corrected chi connectivity index (χ0v) is 10.4. The number of benzene rings is 2. The molecule has 0 spiro atoms. The van der Waals surface area contributed by atoms with Crippen LogP contribution in [0.15, 0.2) is 72.9 Å². The number of aromatic nitrogens is 1. The van der Waals surface area contributed by atoms with Gasteiger partial charge in [0.15, 0.2) is 12.4 Å². The predicted octanol–water partition coefficient (Wildman–Crippen LogP) is 2.44. The summed E-state index contributed by atoms with van der Waals surface area (Å²) in [6.07, 6.45) is 3.51. The molecule has 0 saturated carbocycles. The van der Waals surface area contributed by atoms with E-state index in [1.54, 1.807) is 6.20 Å². The highest BCUT2D eigenvalue weighted by molar-refractivity contribution is 5.76. The highest BCUT2D eigenvalue weighted by atomic mass is 16.3. The second kappa shape index (κ2) is 4.94. The van der Waals surface area contributed by atoms with Gasteiger partial charge in [-0.15, -0.1) is 0 Å². The van der Waals surface area contributed by atoms with Crippen LogP contribution in [0.1, 0.15) is 5.56 Å². The van der Waals surface area contributed by atoms with Gasteiger partial charge < -0.3 is 5.11 Å². The molecule has 2 nitrogen and oxygen atoms in total. The number of rotatable bonds is 2. The Hall–Kier alpha value is -2.61. The fourth-order valence-electron chi connectivity index (χ4n) is 2.10. The average Bonchev–Trinajstić information content (AvgIpc) is 2.48. The van der Waals surface area contributed by atoms with Crippen molar-refractivity contribution in [2.75, 3.05) is 0 Å². The summed E-state index contributed by atoms with van der Waals surface area (Å²) in [5, 5.41) is 13.3. The van der Waals surface area contributed by atoms with E-state index < -0.39 is 0 Å². The first kappa shape index (κ1) is 11.5. The fraction of sp³-hybridized carbons (Fsp3) is 0. The van der Waals surface area contributed by atoms with E-state index in [2.05, 4.69) is 0 Å². The quantitative estimate of drug-likeness (QED) is 0.505. The summed E-state index contributed by atoms with van der Waals surface area (Å²) in [6.45, 7) is 0. The molecule has 3 aromatic rings. The van der Waals surface area contributed by atoms with E-state index in [4.69, 9.17) is 0 Å². The predicted molar refractivity (Wildman–Crippen MR) is 74.8 cm³/mol. The lowest BCUT2D eigenvalue weighted by Crippen LogP contribution is -2.28. The van der Waals surface area contributed by atoms with E-state index >= 15 is 0 Å². The molecule has 0 amide bonds. The van der Waals surface area contributed by atoms with Crippen LogP contribution in [0.25, 0.3) is 22.9 Å². The molecule has 0 aliphatic rings. The molecule has 0 fully saturated rings. The van der Waals surface area contributed by atoms with Crippen molar-refractivity contribution in [3.63, 3.8) is 0 Å². The molecule has 0 bridgehead atoms. The maximum Gasteiger partial charge on any atom is 0.217 e. The topological polar surface area (TPSA) is 26.9 Å². The average molecular weight is 247 g/mol. The maximum absolute atomic E-state index is 12.2. The van der Waals surface area contributed by atoms with Gasteiger partial charge in [0.05, 0.1) is 0 Å². The van der Waals surface area contributed by atoms with Crippen molar-refractivity contribution in [2.24, 2.45) is 0 Å². The largest absolute Gasteiger partial charge is 0.868 e. The fourth-order valence-corrected chi connectivity index (χ4v) is 2.10. The van der Waals surface area contributed by atoms with Crippen molar-refractivity contribution in [2.45, 2.75) is 0 Å². The van der Waals surface area contributed by atoms with Gasteiger partial charge in [0, 0.05) is 17.5 Å². The van der Waals surface area contributed by atoms with E-state index in [1.165, 1.54) is 0 Å². The Balaban J connectivity index is 2.11. The van der Waals surface area contributed by atoms with Gasteiger partial charge in [-0.1, -0.05) is 42.5 Å². The lowest BCUT2D eigenvalue weighted by atomic mass is 10.2. The zero-order chi connectivity index (χ0) is 13.1. The monoisotopic (exact) mass is 247 g/mol. The summed E-state index contributed by atoms with van der Waals surface area (Å²) in [5.41, 5.74) is 1.72. The molecule has 0 aliphatic heterocycles. The van der Waals surface area contributed by atoms with Crippen LogP contribution in [0, 0.1) is 0 Å². The highest BCUT2D eigenvalue weighted by Gasteiger charge is 2.04. The molecule has 0 unspecified atom stereocenters. The molecular formula is C17H13NO. The van der Waals surface area contributed by atoms with Crippen LogP contribution in [0.5, 0.6) is 0 Å². The Labute approximate surface area is 111 Å². The van der Waals surface area contributed by atoms with Gasteiger partial charge in [-0.05, 0) is 23.5 Å². The van der Waals surface area contributed by atoms with Gasteiger partial charge in [-0.25, -0.2) is 0 Å². The van der Waals surface area contributed by atoms with E-state index in [9.17, 15) is 5.11 Å². The molecule has 3 rings (SSSR count). The van der Waals surface area contributed by atoms with E-state index in [0.717, 1.165) is 10.9 Å². The van der Waals surface area contributed by atoms with Crippen molar-refractivity contribution in [1.82, 2.24) is 0 Å². The number of hydrogen-bond donors (Lipinski definition) is 0. The summed E-state index contributed by atoms with van der Waals surface area (Å²) < 4.78 is 1.87. The number of pyridine rings is 1. The van der Waals surface area contributed by atoms with Gasteiger partial charge in [-0.3, -0.25) is 0 Å². The van der Waals surface area contributed by atoms with Crippen LogP contribution in [0.3, 0.4) is 0 Å². The SMILES string of the molecule is [O-]/C(=C\[n+]1cccc2ccccc21)c1ccccc1. The lowest BCUT2D eigenvalue weighted by molar-refractivity contribution is -0.541. The van der Waals surface area contributed by atoms with E-state index in [0.29, 0.717) is 5.56 Å². The van der Waals surface area contributed by atoms with E-state index in [1.807, 2.05) is 77.5 Å². The molecular weight excluding hydrogens is 234 g/mol. The second-order valence-corrected chi connectivity index (χ2v) is 4.33. The Morgan fingerprint density at radius 3 is 2.37 bits per heavy atom. The molecule has 2 heteroatoms. The molecule has 92 valence electrons. The Bertz CT molecular complexity index is 727. The number of para-hydroxylation sites is 1. The first-order chi connectivity index (χ1) is 9.34. The molecule has 0 N–H and O–H groups in total. The molecule has 0 atom stereocenters. The smallest absolute Gasteiger partial charge is 0.217 e. The molecule has 1 aromatic heterocycles. The van der Waals surface area contributed by atoms with Crippen LogP contribution < -0.4 is 9.67 Å². The van der Waals surface area contributed by atoms with Gasteiger partial charge >= 0.3 is 0 Å². The van der Waals surface area contributed by atoms with Crippen LogP contribution in [-0.4, -0.2) is 0 Å². The van der Waals surface area contributed by atoms with E-state index in [-0.39, 0.29) is 5.76 Å². The lowest BCUT2D eigenvalue weighted by Gasteiger charge is -2.08.